The number of carbonyl (C=O) groups is 4. The Kier molecular flexibility index (Phi) is 75.8. The van der Waals surface area contributed by atoms with E-state index in [1.165, 1.54) is 283 Å². The molecule has 0 radical (unpaired) electrons. The van der Waals surface area contributed by atoms with E-state index < -0.39 is 97.5 Å². The number of hydrogen-bond donors (Lipinski definition) is 3. The number of phosphoric acid groups is 2. The topological polar surface area (TPSA) is 237 Å². The van der Waals surface area contributed by atoms with Gasteiger partial charge in [-0.15, -0.1) is 0 Å². The smallest absolute Gasteiger partial charge is 0.462 e. The quantitative estimate of drug-likeness (QED) is 0.0222. The second kappa shape index (κ2) is 77.2. The van der Waals surface area contributed by atoms with Gasteiger partial charge in [-0.2, -0.15) is 0 Å². The molecule has 2 unspecified atom stereocenters. The zero-order valence-corrected chi connectivity index (χ0v) is 68.4. The van der Waals surface area contributed by atoms with Crippen molar-refractivity contribution in [2.24, 2.45) is 0 Å². The molecule has 0 aromatic carbocycles. The third-order valence-electron chi connectivity index (χ3n) is 19.6. The zero-order chi connectivity index (χ0) is 74.6. The number of carbonyl (C=O) groups excluding carboxylic acids is 4. The fourth-order valence-corrected chi connectivity index (χ4v) is 14.6. The van der Waals surface area contributed by atoms with Gasteiger partial charge in [0, 0.05) is 25.7 Å². The molecule has 0 amide bonds. The maximum Gasteiger partial charge on any atom is 0.472 e. The van der Waals surface area contributed by atoms with Crippen molar-refractivity contribution in [1.82, 2.24) is 0 Å². The number of aliphatic hydroxyl groups is 1. The molecule has 0 rings (SSSR count). The van der Waals surface area contributed by atoms with E-state index in [0.29, 0.717) is 25.7 Å². The molecule has 19 heteroatoms. The summed E-state index contributed by atoms with van der Waals surface area (Å²) in [5.74, 6) is -2.11. The fraction of sp³-hybridized carbons (Fsp3) is 0.952. The highest BCUT2D eigenvalue weighted by molar-refractivity contribution is 7.47. The Morgan fingerprint density at radius 2 is 0.392 bits per heavy atom. The molecule has 0 heterocycles. The van der Waals surface area contributed by atoms with Crippen LogP contribution in [0.5, 0.6) is 0 Å². The minimum Gasteiger partial charge on any atom is -0.462 e. The first-order valence-electron chi connectivity index (χ1n) is 43.3. The van der Waals surface area contributed by atoms with Gasteiger partial charge < -0.3 is 33.8 Å². The molecule has 0 spiro atoms. The maximum atomic E-state index is 13.1. The summed E-state index contributed by atoms with van der Waals surface area (Å²) >= 11 is 0. The second-order valence-corrected chi connectivity index (χ2v) is 32.8. The third-order valence-corrected chi connectivity index (χ3v) is 21.5. The summed E-state index contributed by atoms with van der Waals surface area (Å²) in [7, 11) is -9.91. The van der Waals surface area contributed by atoms with Gasteiger partial charge in [-0.05, 0) is 25.7 Å². The molecule has 0 saturated heterocycles. The van der Waals surface area contributed by atoms with Crippen molar-refractivity contribution in [3.63, 3.8) is 0 Å². The Bertz CT molecular complexity index is 1930. The zero-order valence-electron chi connectivity index (χ0n) is 66.6. The Morgan fingerprint density at radius 1 is 0.235 bits per heavy atom. The van der Waals surface area contributed by atoms with Gasteiger partial charge in [0.15, 0.2) is 12.2 Å². The SMILES string of the molecule is CCCCCCCCCCCCCCCCCCCCCCCCC(=O)O[C@H](COC(=O)CCCCCCCCCCCCCCCCCCCCCCC)COP(=O)(O)OC[C@@H](O)COP(=O)(O)OC[C@@H](COC(=O)CCCCCCCCCC)OC(=O)CCCCCCCCCCCCC. The van der Waals surface area contributed by atoms with E-state index in [0.717, 1.165) is 89.9 Å². The molecular weight excluding hydrogens is 1330 g/mol. The Balaban J connectivity index is 5.14. The molecule has 5 atom stereocenters. The van der Waals surface area contributed by atoms with Gasteiger partial charge in [0.1, 0.15) is 19.3 Å². The monoisotopic (exact) mass is 1490 g/mol. The van der Waals surface area contributed by atoms with Crippen molar-refractivity contribution in [2.45, 2.75) is 470 Å². The molecule has 17 nitrogen and oxygen atoms in total. The highest BCUT2D eigenvalue weighted by Gasteiger charge is 2.30. The van der Waals surface area contributed by atoms with Crippen LogP contribution in [0.1, 0.15) is 451 Å². The molecule has 0 aliphatic heterocycles. The number of aliphatic hydroxyl groups excluding tert-OH is 1. The number of phosphoric ester groups is 2. The number of unbranched alkanes of at least 4 members (excludes halogenated alkanes) is 58. The summed E-state index contributed by atoms with van der Waals surface area (Å²) in [5, 5.41) is 10.6. The van der Waals surface area contributed by atoms with E-state index in [1.54, 1.807) is 0 Å². The first kappa shape index (κ1) is 100. The van der Waals surface area contributed by atoms with Crippen LogP contribution in [0.25, 0.3) is 0 Å². The molecule has 0 fully saturated rings. The van der Waals surface area contributed by atoms with E-state index in [-0.39, 0.29) is 25.7 Å². The fourth-order valence-electron chi connectivity index (χ4n) is 13.0. The van der Waals surface area contributed by atoms with E-state index in [9.17, 15) is 43.2 Å². The van der Waals surface area contributed by atoms with Crippen LogP contribution in [0.15, 0.2) is 0 Å². The average Bonchev–Trinajstić information content (AvgIpc) is 0.950. The highest BCUT2D eigenvalue weighted by Crippen LogP contribution is 2.45. The van der Waals surface area contributed by atoms with Crippen LogP contribution in [-0.4, -0.2) is 96.7 Å². The van der Waals surface area contributed by atoms with Gasteiger partial charge in [-0.25, -0.2) is 9.13 Å². The van der Waals surface area contributed by atoms with Gasteiger partial charge in [-0.1, -0.05) is 400 Å². The van der Waals surface area contributed by atoms with Crippen LogP contribution in [-0.2, 0) is 65.4 Å². The molecule has 0 aliphatic carbocycles. The molecule has 0 saturated carbocycles. The molecule has 102 heavy (non-hydrogen) atoms. The van der Waals surface area contributed by atoms with Gasteiger partial charge in [0.05, 0.1) is 26.4 Å². The number of hydrogen-bond acceptors (Lipinski definition) is 15. The van der Waals surface area contributed by atoms with Gasteiger partial charge >= 0.3 is 39.5 Å². The predicted molar refractivity (Wildman–Crippen MR) is 419 cm³/mol. The number of rotatable bonds is 84. The minimum absolute atomic E-state index is 0.107. The summed E-state index contributed by atoms with van der Waals surface area (Å²) < 4.78 is 68.6. The predicted octanol–water partition coefficient (Wildman–Crippen LogP) is 25.4. The molecule has 0 bridgehead atoms. The summed E-state index contributed by atoms with van der Waals surface area (Å²) in [6.45, 7) is 4.99. The lowest BCUT2D eigenvalue weighted by atomic mass is 10.0. The Hall–Kier alpha value is -1.94. The second-order valence-electron chi connectivity index (χ2n) is 29.9. The number of ether oxygens (including phenoxy) is 4. The van der Waals surface area contributed by atoms with Crippen molar-refractivity contribution >= 4 is 39.5 Å². The summed E-state index contributed by atoms with van der Waals surface area (Å²) in [5.41, 5.74) is 0. The van der Waals surface area contributed by atoms with Crippen molar-refractivity contribution in [3.8, 4) is 0 Å². The molecule has 3 N–H and O–H groups in total. The summed E-state index contributed by atoms with van der Waals surface area (Å²) in [4.78, 5) is 72.9. The third kappa shape index (κ3) is 76.3. The molecular formula is C83H162O17P2. The molecule has 0 aromatic heterocycles. The first-order valence-corrected chi connectivity index (χ1v) is 46.3. The highest BCUT2D eigenvalue weighted by atomic mass is 31.2. The summed E-state index contributed by atoms with van der Waals surface area (Å²) in [6.07, 6.45) is 71.1. The van der Waals surface area contributed by atoms with E-state index >= 15 is 0 Å². The van der Waals surface area contributed by atoms with Gasteiger partial charge in [-0.3, -0.25) is 37.3 Å². The molecule has 0 aliphatic rings. The average molecular weight is 1490 g/mol. The van der Waals surface area contributed by atoms with Gasteiger partial charge in [0.2, 0.25) is 0 Å². The lowest BCUT2D eigenvalue weighted by molar-refractivity contribution is -0.161. The number of esters is 4. The van der Waals surface area contributed by atoms with E-state index in [1.807, 2.05) is 0 Å². The minimum atomic E-state index is -4.96. The molecule has 606 valence electrons. The van der Waals surface area contributed by atoms with Crippen LogP contribution in [0.2, 0.25) is 0 Å². The van der Waals surface area contributed by atoms with Crippen LogP contribution in [0.3, 0.4) is 0 Å². The first-order chi connectivity index (χ1) is 49.7. The van der Waals surface area contributed by atoms with Gasteiger partial charge in [0.25, 0.3) is 0 Å². The Morgan fingerprint density at radius 3 is 0.578 bits per heavy atom. The van der Waals surface area contributed by atoms with Crippen LogP contribution >= 0.6 is 15.6 Å². The van der Waals surface area contributed by atoms with Crippen molar-refractivity contribution in [1.29, 1.82) is 0 Å². The van der Waals surface area contributed by atoms with Crippen molar-refractivity contribution in [3.05, 3.63) is 0 Å². The van der Waals surface area contributed by atoms with Crippen molar-refractivity contribution < 1.29 is 80.2 Å². The summed E-state index contributed by atoms with van der Waals surface area (Å²) in [6, 6.07) is 0. The van der Waals surface area contributed by atoms with Crippen molar-refractivity contribution in [2.75, 3.05) is 39.6 Å². The standard InChI is InChI=1S/C83H162O17P2/c1-5-9-13-17-21-25-28-30-32-34-36-38-40-42-44-46-48-51-54-58-62-66-70-83(88)100-79(74-94-81(86)68-64-60-56-52-50-47-45-43-41-39-37-35-33-31-29-26-22-18-14-10-6-2)76-98-102(91,92)96-72-77(84)71-95-101(89,90)97-75-78(73-93-80(85)67-63-59-55-24-20-16-12-8-4)99-82(87)69-65-61-57-53-49-27-23-19-15-11-7-3/h77-79,84H,5-76H2,1-4H3,(H,89,90)(H,91,92)/t77-,78+,79+/m0/s1. The lowest BCUT2D eigenvalue weighted by Gasteiger charge is -2.21. The normalized spacial score (nSPS) is 13.8. The maximum absolute atomic E-state index is 13.1. The lowest BCUT2D eigenvalue weighted by Crippen LogP contribution is -2.30. The molecule has 0 aromatic rings. The van der Waals surface area contributed by atoms with E-state index in [4.69, 9.17) is 37.0 Å². The Labute approximate surface area is 626 Å². The van der Waals surface area contributed by atoms with Crippen LogP contribution in [0, 0.1) is 0 Å². The van der Waals surface area contributed by atoms with Crippen LogP contribution in [0.4, 0.5) is 0 Å². The van der Waals surface area contributed by atoms with Crippen LogP contribution < -0.4 is 0 Å². The largest absolute Gasteiger partial charge is 0.472 e. The van der Waals surface area contributed by atoms with E-state index in [2.05, 4.69) is 27.7 Å².